The average molecular weight is 369 g/mol. The summed E-state index contributed by atoms with van der Waals surface area (Å²) in [6, 6.07) is 6.88. The van der Waals surface area contributed by atoms with E-state index in [4.69, 9.17) is 0 Å². The minimum absolute atomic E-state index is 0.108. The van der Waals surface area contributed by atoms with E-state index in [0.29, 0.717) is 5.92 Å². The molecule has 0 saturated heterocycles. The molecule has 2 rings (SSSR count). The highest BCUT2D eigenvalue weighted by molar-refractivity contribution is 5.28. The van der Waals surface area contributed by atoms with E-state index in [-0.39, 0.29) is 12.0 Å². The molecule has 0 spiro atoms. The van der Waals surface area contributed by atoms with Crippen molar-refractivity contribution in [3.8, 4) is 0 Å². The first-order valence-corrected chi connectivity index (χ1v) is 10.6. The molecule has 0 amide bonds. The summed E-state index contributed by atoms with van der Waals surface area (Å²) in [5, 5.41) is 0. The van der Waals surface area contributed by atoms with Gasteiger partial charge in [0, 0.05) is 6.42 Å². The van der Waals surface area contributed by atoms with Gasteiger partial charge in [-0.05, 0) is 48.6 Å². The molecule has 0 heterocycles. The Morgan fingerprint density at radius 3 is 2.15 bits per heavy atom. The van der Waals surface area contributed by atoms with Crippen LogP contribution >= 0.6 is 0 Å². The third-order valence-electron chi connectivity index (χ3n) is 5.97. The fraction of sp³-hybridized carbons (Fsp3) is 0.739. The highest BCUT2D eigenvalue weighted by Crippen LogP contribution is 2.41. The van der Waals surface area contributed by atoms with Crippen molar-refractivity contribution in [2.75, 3.05) is 0 Å². The molecule has 0 nitrogen and oxygen atoms in total. The maximum atomic E-state index is 14.1. The van der Waals surface area contributed by atoms with Gasteiger partial charge in [-0.15, -0.1) is 0 Å². The number of unbranched alkanes of at least 4 members (excludes halogenated alkanes) is 3. The van der Waals surface area contributed by atoms with Gasteiger partial charge in [0.05, 0.1) is 0 Å². The SMILES string of the molecule is CCCCCC[C@H]1CC[C@H](c2ccc(C(F)C(F)(F)CCC)cc2)CC1. The first kappa shape index (κ1) is 21.3. The molecule has 26 heavy (non-hydrogen) atoms. The smallest absolute Gasteiger partial charge is 0.236 e. The normalized spacial score (nSPS) is 22.3. The second-order valence-corrected chi connectivity index (χ2v) is 8.11. The molecule has 1 aliphatic carbocycles. The van der Waals surface area contributed by atoms with Gasteiger partial charge in [0.25, 0.3) is 5.92 Å². The Balaban J connectivity index is 1.84. The van der Waals surface area contributed by atoms with Gasteiger partial charge in [0.2, 0.25) is 0 Å². The Bertz CT molecular complexity index is 501. The predicted molar refractivity (Wildman–Crippen MR) is 104 cm³/mol. The molecule has 0 radical (unpaired) electrons. The van der Waals surface area contributed by atoms with Crippen molar-refractivity contribution in [3.05, 3.63) is 35.4 Å². The van der Waals surface area contributed by atoms with Crippen LogP contribution in [0.25, 0.3) is 0 Å². The molecule has 0 aromatic heterocycles. The average Bonchev–Trinajstić information content (AvgIpc) is 2.65. The van der Waals surface area contributed by atoms with E-state index in [1.165, 1.54) is 63.4 Å². The van der Waals surface area contributed by atoms with Crippen LogP contribution in [-0.4, -0.2) is 5.92 Å². The predicted octanol–water partition coefficient (Wildman–Crippen LogP) is 8.38. The van der Waals surface area contributed by atoms with E-state index in [1.807, 2.05) is 12.1 Å². The van der Waals surface area contributed by atoms with Gasteiger partial charge < -0.3 is 0 Å². The largest absolute Gasteiger partial charge is 0.282 e. The monoisotopic (exact) mass is 368 g/mol. The zero-order chi connectivity index (χ0) is 19.0. The van der Waals surface area contributed by atoms with Crippen LogP contribution in [0.5, 0.6) is 0 Å². The summed E-state index contributed by atoms with van der Waals surface area (Å²) >= 11 is 0. The third-order valence-corrected chi connectivity index (χ3v) is 5.97. The number of hydrogen-bond acceptors (Lipinski definition) is 0. The molecule has 1 unspecified atom stereocenters. The lowest BCUT2D eigenvalue weighted by Crippen LogP contribution is -2.23. The first-order chi connectivity index (χ1) is 12.5. The Labute approximate surface area is 157 Å². The number of rotatable bonds is 10. The van der Waals surface area contributed by atoms with Crippen molar-refractivity contribution >= 4 is 0 Å². The summed E-state index contributed by atoms with van der Waals surface area (Å²) in [5.74, 6) is -1.91. The fourth-order valence-electron chi connectivity index (χ4n) is 4.29. The van der Waals surface area contributed by atoms with Gasteiger partial charge in [-0.25, -0.2) is 13.2 Å². The Hall–Kier alpha value is -0.990. The molecule has 0 bridgehead atoms. The molecule has 1 atom stereocenters. The molecular formula is C23H35F3. The lowest BCUT2D eigenvalue weighted by atomic mass is 9.77. The highest BCUT2D eigenvalue weighted by atomic mass is 19.3. The molecule has 1 fully saturated rings. The lowest BCUT2D eigenvalue weighted by Gasteiger charge is -2.29. The van der Waals surface area contributed by atoms with E-state index < -0.39 is 18.5 Å². The molecule has 1 saturated carbocycles. The second-order valence-electron chi connectivity index (χ2n) is 8.11. The molecule has 1 aromatic carbocycles. The molecule has 3 heteroatoms. The van der Waals surface area contributed by atoms with E-state index >= 15 is 0 Å². The number of alkyl halides is 3. The molecule has 0 N–H and O–H groups in total. The van der Waals surface area contributed by atoms with Crippen molar-refractivity contribution in [2.24, 2.45) is 5.92 Å². The van der Waals surface area contributed by atoms with E-state index in [9.17, 15) is 13.2 Å². The van der Waals surface area contributed by atoms with Gasteiger partial charge >= 0.3 is 0 Å². The van der Waals surface area contributed by atoms with Crippen LogP contribution in [0.1, 0.15) is 108 Å². The molecular weight excluding hydrogens is 333 g/mol. The zero-order valence-corrected chi connectivity index (χ0v) is 16.5. The number of hydrogen-bond donors (Lipinski definition) is 0. The van der Waals surface area contributed by atoms with Crippen LogP contribution in [0.4, 0.5) is 13.2 Å². The quantitative estimate of drug-likeness (QED) is 0.364. The highest BCUT2D eigenvalue weighted by Gasteiger charge is 2.40. The first-order valence-electron chi connectivity index (χ1n) is 10.6. The van der Waals surface area contributed by atoms with Gasteiger partial charge in [-0.3, -0.25) is 0 Å². The number of benzene rings is 1. The topological polar surface area (TPSA) is 0 Å². The second kappa shape index (κ2) is 10.4. The standard InChI is InChI=1S/C23H35F3/c1-3-5-6-7-8-18-9-11-19(12-10-18)20-13-15-21(16-14-20)22(24)23(25,26)17-4-2/h13-16,18-19,22H,3-12,17H2,1-2H3/t18-,19-,22?. The minimum Gasteiger partial charge on any atom is -0.236 e. The molecule has 1 aromatic rings. The Morgan fingerprint density at radius 2 is 1.58 bits per heavy atom. The van der Waals surface area contributed by atoms with Crippen molar-refractivity contribution < 1.29 is 13.2 Å². The maximum Gasteiger partial charge on any atom is 0.282 e. The Kier molecular flexibility index (Phi) is 8.50. The van der Waals surface area contributed by atoms with Crippen LogP contribution < -0.4 is 0 Å². The molecule has 148 valence electrons. The molecule has 0 aliphatic heterocycles. The van der Waals surface area contributed by atoms with Crippen LogP contribution in [0.2, 0.25) is 0 Å². The van der Waals surface area contributed by atoms with Gasteiger partial charge in [-0.2, -0.15) is 0 Å². The van der Waals surface area contributed by atoms with Gasteiger partial charge in [0.15, 0.2) is 6.17 Å². The fourth-order valence-corrected chi connectivity index (χ4v) is 4.29. The zero-order valence-electron chi connectivity index (χ0n) is 16.5. The van der Waals surface area contributed by atoms with Crippen molar-refractivity contribution in [1.29, 1.82) is 0 Å². The third kappa shape index (κ3) is 6.03. The van der Waals surface area contributed by atoms with Crippen LogP contribution in [-0.2, 0) is 0 Å². The van der Waals surface area contributed by atoms with Crippen molar-refractivity contribution in [2.45, 2.75) is 102 Å². The summed E-state index contributed by atoms with van der Waals surface area (Å²) in [6.45, 7) is 3.90. The van der Waals surface area contributed by atoms with Crippen LogP contribution in [0, 0.1) is 5.92 Å². The summed E-state index contributed by atoms with van der Waals surface area (Å²) in [5.41, 5.74) is 1.29. The van der Waals surface area contributed by atoms with E-state index in [1.54, 1.807) is 19.1 Å². The van der Waals surface area contributed by atoms with Gasteiger partial charge in [-0.1, -0.05) is 76.6 Å². The summed E-state index contributed by atoms with van der Waals surface area (Å²) < 4.78 is 41.7. The molecule has 1 aliphatic rings. The maximum absolute atomic E-state index is 14.1. The lowest BCUT2D eigenvalue weighted by molar-refractivity contribution is -0.0807. The van der Waals surface area contributed by atoms with Crippen LogP contribution in [0.15, 0.2) is 24.3 Å². The van der Waals surface area contributed by atoms with Crippen molar-refractivity contribution in [1.82, 2.24) is 0 Å². The van der Waals surface area contributed by atoms with Crippen molar-refractivity contribution in [3.63, 3.8) is 0 Å². The van der Waals surface area contributed by atoms with Crippen LogP contribution in [0.3, 0.4) is 0 Å². The Morgan fingerprint density at radius 1 is 0.923 bits per heavy atom. The van der Waals surface area contributed by atoms with E-state index in [2.05, 4.69) is 6.92 Å². The minimum atomic E-state index is -3.27. The summed E-state index contributed by atoms with van der Waals surface area (Å²) in [7, 11) is 0. The number of halogens is 3. The van der Waals surface area contributed by atoms with Gasteiger partial charge in [0.1, 0.15) is 0 Å². The summed E-state index contributed by atoms with van der Waals surface area (Å²) in [4.78, 5) is 0. The summed E-state index contributed by atoms with van der Waals surface area (Å²) in [6.07, 6.45) is 9.22. The van der Waals surface area contributed by atoms with E-state index in [0.717, 1.165) is 5.92 Å².